The Balaban J connectivity index is 1.52. The number of aliphatic hydroxyl groups is 1. The van der Waals surface area contributed by atoms with E-state index in [1.807, 2.05) is 0 Å². The van der Waals surface area contributed by atoms with Crippen LogP contribution in [0.4, 0.5) is 10.8 Å². The first kappa shape index (κ1) is 30.0. The van der Waals surface area contributed by atoms with Gasteiger partial charge in [-0.25, -0.2) is 19.1 Å². The van der Waals surface area contributed by atoms with Crippen molar-refractivity contribution in [2.45, 2.75) is 31.0 Å². The maximum absolute atomic E-state index is 13.2. The molecule has 2 aromatic rings. The Hall–Kier alpha value is -3.93. The second kappa shape index (κ2) is 12.7. The molecular weight excluding hydrogens is 602 g/mol. The number of carboxylic acids is 2. The third-order valence-electron chi connectivity index (χ3n) is 5.93. The smallest absolute Gasteiger partial charge is 0.352 e. The number of aliphatic carboxylic acids is 2. The van der Waals surface area contributed by atoms with E-state index in [9.17, 15) is 24.3 Å². The van der Waals surface area contributed by atoms with Crippen molar-refractivity contribution in [2.75, 3.05) is 30.0 Å². The molecule has 15 nitrogen and oxygen atoms in total. The summed E-state index contributed by atoms with van der Waals surface area (Å²) in [6, 6.07) is 2.45. The van der Waals surface area contributed by atoms with Gasteiger partial charge in [0.05, 0.1) is 6.61 Å². The summed E-state index contributed by atoms with van der Waals surface area (Å²) in [4.78, 5) is 59.7. The number of nitrogens with zero attached hydrogens (tertiary/aromatic N) is 4. The molecule has 0 aromatic carbocycles. The molecule has 2 aliphatic rings. The first-order chi connectivity index (χ1) is 19.5. The van der Waals surface area contributed by atoms with Crippen LogP contribution in [-0.4, -0.2) is 91.1 Å². The van der Waals surface area contributed by atoms with Gasteiger partial charge < -0.3 is 36.5 Å². The third kappa shape index (κ3) is 6.53. The number of aromatic nitrogens is 2. The minimum absolute atomic E-state index is 0.00738. The van der Waals surface area contributed by atoms with Gasteiger partial charge in [0.1, 0.15) is 27.1 Å². The number of carbonyl (C=O) groups excluding carboxylic acids is 2. The number of β-lactam (4-membered cyclic amide) rings is 1. The van der Waals surface area contributed by atoms with Crippen molar-refractivity contribution in [3.05, 3.63) is 45.8 Å². The van der Waals surface area contributed by atoms with Crippen LogP contribution in [0.1, 0.15) is 12.6 Å². The number of nitrogen functional groups attached to an aromatic ring is 1. The SMILES string of the molecule is C[C@H](O/N=C(\C(=O)N[C@@H]1C(=O)N2C(C(=O)O)=C(C[n+]3ccc(NCCO)cc3)CS[C@H]12)c1nc(N)sc1Cl)C(=O)O. The monoisotopic (exact) mass is 626 g/mol. The van der Waals surface area contributed by atoms with Crippen molar-refractivity contribution < 1.29 is 43.9 Å². The Bertz CT molecular complexity index is 1430. The molecule has 2 amide bonds. The Morgan fingerprint density at radius 1 is 1.34 bits per heavy atom. The predicted molar refractivity (Wildman–Crippen MR) is 148 cm³/mol. The van der Waals surface area contributed by atoms with Crippen molar-refractivity contribution in [2.24, 2.45) is 5.16 Å². The second-order valence-corrected chi connectivity index (χ2v) is 11.5. The molecule has 3 atom stereocenters. The highest BCUT2D eigenvalue weighted by Gasteiger charge is 2.55. The van der Waals surface area contributed by atoms with Crippen LogP contribution in [-0.2, 0) is 30.6 Å². The minimum Gasteiger partial charge on any atom is -0.478 e. The normalized spacial score (nSPS) is 19.2. The van der Waals surface area contributed by atoms with E-state index in [0.717, 1.165) is 21.9 Å². The van der Waals surface area contributed by atoms with Gasteiger partial charge in [0.2, 0.25) is 6.10 Å². The summed E-state index contributed by atoms with van der Waals surface area (Å²) < 4.78 is 1.75. The van der Waals surface area contributed by atoms with E-state index >= 15 is 0 Å². The lowest BCUT2D eigenvalue weighted by molar-refractivity contribution is -0.688. The standard InChI is InChI=1S/C23H24ClN7O8S2/c1-10(21(35)36)39-29-14(13-17(24)41-23(25)28-13)18(33)27-15-19(34)31-16(22(37)38)11(9-40-20(15)31)8-30-5-2-12(3-6-30)26-4-7-32/h2-3,5-6,10,15,20,32H,4,7-9H2,1H3,(H5,25,27,28,33,35,36,37,38)/p+1/b29-14-/t10-,15+,20+/m0/s1. The second-order valence-electron chi connectivity index (χ2n) is 8.73. The maximum Gasteiger partial charge on any atom is 0.352 e. The quantitative estimate of drug-likeness (QED) is 0.0774. The molecule has 218 valence electrons. The van der Waals surface area contributed by atoms with Crippen LogP contribution in [0.15, 0.2) is 41.0 Å². The zero-order valence-corrected chi connectivity index (χ0v) is 23.7. The van der Waals surface area contributed by atoms with Gasteiger partial charge in [-0.1, -0.05) is 28.1 Å². The third-order valence-corrected chi connectivity index (χ3v) is 8.36. The summed E-state index contributed by atoms with van der Waals surface area (Å²) in [5, 5.41) is 36.4. The number of halogens is 1. The Labute approximate surface area is 245 Å². The molecule has 2 aliphatic heterocycles. The first-order valence-electron chi connectivity index (χ1n) is 11.9. The molecule has 0 aliphatic carbocycles. The van der Waals surface area contributed by atoms with Gasteiger partial charge in [-0.15, -0.1) is 11.8 Å². The number of fused-ring (bicyclic) bond motifs is 1. The van der Waals surface area contributed by atoms with Crippen molar-refractivity contribution in [3.8, 4) is 0 Å². The topological polar surface area (TPSA) is 221 Å². The fourth-order valence-corrected chi connectivity index (χ4v) is 6.21. The highest BCUT2D eigenvalue weighted by Crippen LogP contribution is 2.40. The molecule has 0 radical (unpaired) electrons. The summed E-state index contributed by atoms with van der Waals surface area (Å²) in [6.45, 7) is 1.77. The number of nitrogens with one attached hydrogen (secondary N) is 2. The van der Waals surface area contributed by atoms with Crippen LogP contribution in [0.5, 0.6) is 0 Å². The van der Waals surface area contributed by atoms with Gasteiger partial charge in [0, 0.05) is 35.7 Å². The number of carbonyl (C=O) groups is 4. The number of nitrogens with two attached hydrogens (primary N) is 1. The van der Waals surface area contributed by atoms with E-state index in [4.69, 9.17) is 32.4 Å². The largest absolute Gasteiger partial charge is 0.478 e. The number of hydrogen-bond donors (Lipinski definition) is 6. The average molecular weight is 627 g/mol. The molecule has 0 bridgehead atoms. The van der Waals surface area contributed by atoms with Gasteiger partial charge in [0.25, 0.3) is 11.8 Å². The molecule has 1 saturated heterocycles. The van der Waals surface area contributed by atoms with Crippen LogP contribution in [0.2, 0.25) is 4.34 Å². The molecule has 2 aromatic heterocycles. The summed E-state index contributed by atoms with van der Waals surface area (Å²) in [6.07, 6.45) is 2.08. The van der Waals surface area contributed by atoms with Gasteiger partial charge in [-0.3, -0.25) is 14.5 Å². The number of pyridine rings is 1. The highest BCUT2D eigenvalue weighted by molar-refractivity contribution is 8.00. The Morgan fingerprint density at radius 2 is 2.05 bits per heavy atom. The number of oxime groups is 1. The zero-order chi connectivity index (χ0) is 29.8. The molecule has 18 heteroatoms. The number of hydrogen-bond acceptors (Lipinski definition) is 12. The van der Waals surface area contributed by atoms with Gasteiger partial charge in [-0.05, 0) is 6.92 Å². The molecule has 0 spiro atoms. The lowest BCUT2D eigenvalue weighted by atomic mass is 10.0. The highest BCUT2D eigenvalue weighted by atomic mass is 35.5. The van der Waals surface area contributed by atoms with E-state index in [1.54, 1.807) is 29.1 Å². The van der Waals surface area contributed by atoms with Crippen LogP contribution in [0.3, 0.4) is 0 Å². The predicted octanol–water partition coefficient (Wildman–Crippen LogP) is -0.297. The van der Waals surface area contributed by atoms with Crippen molar-refractivity contribution >= 4 is 75.0 Å². The molecular formula is C23H25ClN7O8S2+. The number of anilines is 2. The van der Waals surface area contributed by atoms with Crippen LogP contribution < -0.4 is 20.9 Å². The Kier molecular flexibility index (Phi) is 9.31. The summed E-state index contributed by atoms with van der Waals surface area (Å²) in [7, 11) is 0. The van der Waals surface area contributed by atoms with E-state index in [-0.39, 0.29) is 39.8 Å². The molecule has 4 rings (SSSR count). The maximum atomic E-state index is 13.2. The molecule has 0 saturated carbocycles. The van der Waals surface area contributed by atoms with E-state index in [1.165, 1.54) is 18.7 Å². The van der Waals surface area contributed by atoms with Gasteiger partial charge in [-0.2, -0.15) is 0 Å². The summed E-state index contributed by atoms with van der Waals surface area (Å²) in [5.74, 6) is -3.94. The van der Waals surface area contributed by atoms with E-state index in [2.05, 4.69) is 20.8 Å². The van der Waals surface area contributed by atoms with Crippen molar-refractivity contribution in [1.29, 1.82) is 0 Å². The zero-order valence-electron chi connectivity index (χ0n) is 21.3. The molecule has 41 heavy (non-hydrogen) atoms. The van der Waals surface area contributed by atoms with E-state index in [0.29, 0.717) is 12.1 Å². The lowest BCUT2D eigenvalue weighted by Gasteiger charge is -2.49. The van der Waals surface area contributed by atoms with Crippen molar-refractivity contribution in [3.63, 3.8) is 0 Å². The van der Waals surface area contributed by atoms with Gasteiger partial charge >= 0.3 is 11.9 Å². The number of aliphatic hydroxyl groups excluding tert-OH is 1. The molecule has 7 N–H and O–H groups in total. The summed E-state index contributed by atoms with van der Waals surface area (Å²) in [5.41, 5.74) is 6.13. The summed E-state index contributed by atoms with van der Waals surface area (Å²) >= 11 is 8.26. The number of rotatable bonds is 12. The van der Waals surface area contributed by atoms with Crippen molar-refractivity contribution in [1.82, 2.24) is 15.2 Å². The fourth-order valence-electron chi connectivity index (χ4n) is 3.95. The number of amides is 2. The first-order valence-corrected chi connectivity index (χ1v) is 14.2. The van der Waals surface area contributed by atoms with E-state index < -0.39 is 47.0 Å². The Morgan fingerprint density at radius 3 is 2.63 bits per heavy atom. The minimum atomic E-state index is -1.41. The number of thiazole rings is 1. The molecule has 1 fully saturated rings. The molecule has 0 unspecified atom stereocenters. The fraction of sp³-hybridized carbons (Fsp3) is 0.348. The van der Waals surface area contributed by atoms with Gasteiger partial charge in [0.15, 0.2) is 29.8 Å². The number of thioether (sulfide) groups is 1. The van der Waals surface area contributed by atoms with Crippen LogP contribution in [0.25, 0.3) is 0 Å². The molecule has 4 heterocycles. The van der Waals surface area contributed by atoms with Crippen LogP contribution >= 0.6 is 34.7 Å². The van der Waals surface area contributed by atoms with Crippen LogP contribution in [0, 0.1) is 0 Å². The average Bonchev–Trinajstić information content (AvgIpc) is 3.27. The number of carboxylic acid groups (broad SMARTS) is 2. The lowest BCUT2D eigenvalue weighted by Crippen LogP contribution is -2.71.